The highest BCUT2D eigenvalue weighted by molar-refractivity contribution is 8.07. The highest BCUT2D eigenvalue weighted by Gasteiger charge is 2.55. The van der Waals surface area contributed by atoms with Gasteiger partial charge in [-0.3, -0.25) is 37.9 Å². The van der Waals surface area contributed by atoms with E-state index in [-0.39, 0.29) is 52.6 Å². The minimum atomic E-state index is -4.20. The molecule has 9 rings (SSSR count). The zero-order valence-corrected chi connectivity index (χ0v) is 45.6. The first kappa shape index (κ1) is 55.7. The summed E-state index contributed by atoms with van der Waals surface area (Å²) in [7, 11) is -6.68. The van der Waals surface area contributed by atoms with E-state index in [9.17, 15) is 39.5 Å². The molecule has 2 saturated heterocycles. The van der Waals surface area contributed by atoms with Gasteiger partial charge in [0.25, 0.3) is 17.2 Å². The first-order valence-corrected chi connectivity index (χ1v) is 30.7. The predicted molar refractivity (Wildman–Crippen MR) is 279 cm³/mol. The number of aromatic nitrogens is 9. The minimum Gasteiger partial charge on any atom is -0.407 e. The fraction of sp³-hybridized carbons (Fsp3) is 0.435. The molecule has 408 valence electrons. The third kappa shape index (κ3) is 11.6. The predicted octanol–water partition coefficient (Wildman–Crippen LogP) is 5.93. The van der Waals surface area contributed by atoms with Crippen LogP contribution in [-0.4, -0.2) is 129 Å². The van der Waals surface area contributed by atoms with Crippen LogP contribution in [0.25, 0.3) is 28.1 Å². The maximum atomic E-state index is 16.7. The first-order chi connectivity index (χ1) is 36.7. The van der Waals surface area contributed by atoms with Crippen LogP contribution < -0.4 is 10.9 Å². The summed E-state index contributed by atoms with van der Waals surface area (Å²) in [6, 6.07) is 16.4. The molecule has 7 aromatic rings. The van der Waals surface area contributed by atoms with Gasteiger partial charge in [0.15, 0.2) is 55.1 Å². The molecule has 2 aromatic carbocycles. The van der Waals surface area contributed by atoms with Crippen LogP contribution in [0.3, 0.4) is 0 Å². The molecule has 7 heterocycles. The molecule has 2 fully saturated rings. The Kier molecular flexibility index (Phi) is 16.4. The maximum absolute atomic E-state index is 16.7. The second-order valence-corrected chi connectivity index (χ2v) is 27.9. The normalized spacial score (nSPS) is 23.1. The van der Waals surface area contributed by atoms with Gasteiger partial charge in [-0.15, -0.1) is 0 Å². The summed E-state index contributed by atoms with van der Waals surface area (Å²) in [6.45, 7) is 4.48. The Labute approximate surface area is 444 Å². The molecular formula is C46H53FN12O14P2SSi. The number of nitro groups is 1. The number of aryl methyl sites for hydroxylation is 2. The van der Waals surface area contributed by atoms with E-state index in [1.807, 2.05) is 39.9 Å². The molecule has 0 radical (unpaired) electrons. The van der Waals surface area contributed by atoms with Crippen LogP contribution in [-0.2, 0) is 61.3 Å². The second-order valence-electron chi connectivity index (χ2n) is 19.4. The minimum absolute atomic E-state index is 0.0134. The van der Waals surface area contributed by atoms with Gasteiger partial charge in [0, 0.05) is 36.6 Å². The zero-order valence-electron chi connectivity index (χ0n) is 41.9. The average Bonchev–Trinajstić information content (AvgIpc) is 4.26. The van der Waals surface area contributed by atoms with E-state index in [2.05, 4.69) is 25.3 Å². The van der Waals surface area contributed by atoms with E-state index >= 15 is 4.39 Å². The number of nitro benzene ring substituents is 1. The number of carbonyl (C=O) groups is 1. The van der Waals surface area contributed by atoms with Gasteiger partial charge in [-0.25, -0.2) is 28.7 Å². The third-order valence-electron chi connectivity index (χ3n) is 13.5. The molecule has 0 saturated carbocycles. The number of alkyl halides is 1. The van der Waals surface area contributed by atoms with Crippen molar-refractivity contribution in [3.05, 3.63) is 118 Å². The Morgan fingerprint density at radius 2 is 1.69 bits per heavy atom. The van der Waals surface area contributed by atoms with Crippen LogP contribution in [0.15, 0.2) is 90.8 Å². The number of ether oxygens (including phenoxy) is 2. The summed E-state index contributed by atoms with van der Waals surface area (Å²) in [6.07, 6.45) is -4.65. The van der Waals surface area contributed by atoms with Gasteiger partial charge in [0.05, 0.1) is 49.9 Å². The standard InChI is InChI=1S/C46H53FN12O14P2SSi/c1-46(2,3)77(4,5)73-37-36(30(22-60)69-44(37)58-26-52-34-40(58)54-45-55(19-20-56(45)42(34)62)18-16-27-12-14-29(15-13-27)59(63)64)72-75(76,67-21-9-17-48)68-23-31-35(71-74(65)66)32(47)43(70-31)57-25-51-33-38(49-24-50-39(33)57)53-41(61)28-10-7-6-8-11-28/h6-8,10-15,19-20,24-26,30-32,35-37,43-44,60,74H,9,16,18,21-23H2,1-5H3,(H,65,66)(H,49,50,53,61)/t30-,31-,32-,35-,36-,37-,43-,44-,75?/m1/s1. The lowest BCUT2D eigenvalue weighted by atomic mass is 10.1. The Morgan fingerprint density at radius 3 is 2.36 bits per heavy atom. The topological polar surface area (TPSA) is 319 Å². The molecule has 0 spiro atoms. The van der Waals surface area contributed by atoms with Gasteiger partial charge in [-0.2, -0.15) is 10.2 Å². The summed E-state index contributed by atoms with van der Waals surface area (Å²) in [5.74, 6) is -0.232. The number of rotatable bonds is 21. The molecule has 0 aliphatic carbocycles. The van der Waals surface area contributed by atoms with Gasteiger partial charge >= 0.3 is 15.0 Å². The molecule has 2 aliphatic rings. The fourth-order valence-electron chi connectivity index (χ4n) is 8.59. The van der Waals surface area contributed by atoms with E-state index in [0.29, 0.717) is 18.5 Å². The number of nitrogens with zero attached hydrogens (tertiary/aromatic N) is 11. The number of benzene rings is 2. The van der Waals surface area contributed by atoms with Gasteiger partial charge in [0.2, 0.25) is 5.78 Å². The number of halogens is 1. The van der Waals surface area contributed by atoms with Gasteiger partial charge in [-0.1, -0.05) is 51.1 Å². The van der Waals surface area contributed by atoms with Gasteiger partial charge in [0.1, 0.15) is 36.8 Å². The van der Waals surface area contributed by atoms with Crippen molar-refractivity contribution in [2.45, 2.75) is 107 Å². The Hall–Kier alpha value is -6.09. The van der Waals surface area contributed by atoms with Crippen molar-refractivity contribution in [3.8, 4) is 6.07 Å². The van der Waals surface area contributed by atoms with Crippen molar-refractivity contribution in [1.29, 1.82) is 5.26 Å². The van der Waals surface area contributed by atoms with Crippen LogP contribution in [0.2, 0.25) is 18.1 Å². The molecule has 3 N–H and O–H groups in total. The number of nitrogens with one attached hydrogen (secondary N) is 1. The van der Waals surface area contributed by atoms with Crippen LogP contribution in [0.4, 0.5) is 15.9 Å². The number of imidazole rings is 3. The largest absolute Gasteiger partial charge is 0.407 e. The maximum Gasteiger partial charge on any atom is 0.327 e. The molecule has 31 heteroatoms. The van der Waals surface area contributed by atoms with Crippen molar-refractivity contribution in [2.24, 2.45) is 0 Å². The summed E-state index contributed by atoms with van der Waals surface area (Å²) < 4.78 is 78.8. The molecule has 2 aliphatic heterocycles. The van der Waals surface area contributed by atoms with E-state index in [0.717, 1.165) is 11.9 Å². The van der Waals surface area contributed by atoms with E-state index < -0.39 is 107 Å². The molecule has 26 nitrogen and oxygen atoms in total. The molecular weight excluding hydrogens is 1090 g/mol. The van der Waals surface area contributed by atoms with Crippen LogP contribution in [0.1, 0.15) is 55.6 Å². The monoisotopic (exact) mass is 1140 g/mol. The number of hydrogen-bond acceptors (Lipinski definition) is 20. The highest BCUT2D eigenvalue weighted by atomic mass is 32.5. The number of nitriles is 1. The Bertz CT molecular complexity index is 3490. The Morgan fingerprint density at radius 1 is 0.987 bits per heavy atom. The lowest BCUT2D eigenvalue weighted by molar-refractivity contribution is -0.384. The van der Waals surface area contributed by atoms with Crippen molar-refractivity contribution in [1.82, 2.24) is 43.0 Å². The Balaban J connectivity index is 1.01. The van der Waals surface area contributed by atoms with Crippen LogP contribution >= 0.6 is 15.0 Å². The van der Waals surface area contributed by atoms with Crippen molar-refractivity contribution < 1.29 is 60.7 Å². The van der Waals surface area contributed by atoms with Crippen LogP contribution in [0, 0.1) is 21.4 Å². The highest BCUT2D eigenvalue weighted by Crippen LogP contribution is 2.56. The molecule has 5 aromatic heterocycles. The van der Waals surface area contributed by atoms with Crippen LogP contribution in [0.5, 0.6) is 0 Å². The smallest absolute Gasteiger partial charge is 0.327 e. The lowest BCUT2D eigenvalue weighted by Crippen LogP contribution is -2.49. The fourth-order valence-corrected chi connectivity index (χ4v) is 12.5. The van der Waals surface area contributed by atoms with E-state index in [1.54, 1.807) is 59.4 Å². The molecule has 1 amide bonds. The summed E-state index contributed by atoms with van der Waals surface area (Å²) in [4.78, 5) is 69.9. The van der Waals surface area contributed by atoms with E-state index in [4.69, 9.17) is 48.8 Å². The summed E-state index contributed by atoms with van der Waals surface area (Å²) >= 11 is 6.02. The number of amides is 1. The quantitative estimate of drug-likeness (QED) is 0.0247. The average molecular weight is 1140 g/mol. The zero-order chi connectivity index (χ0) is 55.0. The lowest BCUT2D eigenvalue weighted by Gasteiger charge is -2.41. The molecule has 10 atom stereocenters. The third-order valence-corrected chi connectivity index (χ3v) is 20.8. The molecule has 2 unspecified atom stereocenters. The SMILES string of the molecule is CC(C)(C)[Si](C)(C)O[C@@H]1[C@H](OP(=S)(OCCC#N)OC[C@H]2O[C@@H](n3cnc4c(NC(=O)c5ccccc5)ncnc43)[C@H](F)[C@@H]2O[PH](=O)O)[C@@H](CO)O[C@H]1n1cnc2c(=O)n3ccn(CCc4ccc([N+](=O)[O-])cc4)c3nc21. The molecule has 77 heavy (non-hydrogen) atoms. The van der Waals surface area contributed by atoms with E-state index in [1.165, 1.54) is 38.3 Å². The van der Waals surface area contributed by atoms with Gasteiger partial charge in [-0.05, 0) is 54.1 Å². The number of fused-ring (bicyclic) bond motifs is 3. The number of non-ortho nitro benzene ring substituents is 1. The van der Waals surface area contributed by atoms with Crippen molar-refractivity contribution in [3.63, 3.8) is 0 Å². The number of aliphatic hydroxyl groups excluding tert-OH is 1. The summed E-state index contributed by atoms with van der Waals surface area (Å²) in [5, 5.41) is 34.0. The summed E-state index contributed by atoms with van der Waals surface area (Å²) in [5.41, 5.74) is 0.804. The van der Waals surface area contributed by atoms with Crippen molar-refractivity contribution >= 4 is 80.6 Å². The number of anilines is 1. The number of hydrogen-bond donors (Lipinski definition) is 3. The molecule has 0 bridgehead atoms. The second kappa shape index (κ2) is 22.7. The van der Waals surface area contributed by atoms with Crippen molar-refractivity contribution in [2.75, 3.05) is 25.1 Å². The number of aliphatic hydroxyl groups is 1. The first-order valence-electron chi connectivity index (χ1n) is 24.0. The van der Waals surface area contributed by atoms with Gasteiger partial charge < -0.3 is 47.4 Å². The number of carbonyl (C=O) groups excluding carboxylic acids is 1.